The fraction of sp³-hybridized carbons (Fsp3) is 0.118. The number of halogens is 1. The lowest BCUT2D eigenvalue weighted by Crippen LogP contribution is -2.28. The Morgan fingerprint density at radius 1 is 1.22 bits per heavy atom. The first-order valence-corrected chi connectivity index (χ1v) is 8.73. The van der Waals surface area contributed by atoms with Crippen LogP contribution in [-0.4, -0.2) is 37.7 Å². The van der Waals surface area contributed by atoms with Crippen LogP contribution in [0.2, 0.25) is 5.02 Å². The van der Waals surface area contributed by atoms with Crippen molar-refractivity contribution in [2.45, 2.75) is 6.92 Å². The van der Waals surface area contributed by atoms with Crippen LogP contribution in [0.5, 0.6) is 0 Å². The van der Waals surface area contributed by atoms with Gasteiger partial charge < -0.3 is 21.1 Å². The summed E-state index contributed by atoms with van der Waals surface area (Å²) in [4.78, 5) is 24.2. The van der Waals surface area contributed by atoms with Crippen molar-refractivity contribution in [1.29, 1.82) is 0 Å². The van der Waals surface area contributed by atoms with Crippen LogP contribution in [0.3, 0.4) is 0 Å². The number of thiocarbonyl (C=S) groups is 1. The van der Waals surface area contributed by atoms with Gasteiger partial charge in [0.05, 0.1) is 22.5 Å². The van der Waals surface area contributed by atoms with Gasteiger partial charge in [-0.15, -0.1) is 0 Å². The van der Waals surface area contributed by atoms with E-state index in [1.54, 1.807) is 12.1 Å². The number of hydrogen-bond donors (Lipinski definition) is 4. The van der Waals surface area contributed by atoms with Crippen molar-refractivity contribution < 1.29 is 9.90 Å². The lowest BCUT2D eigenvalue weighted by molar-refractivity contribution is 0.0697. The maximum Gasteiger partial charge on any atom is 0.335 e. The molecule has 0 unspecified atom stereocenters. The highest BCUT2D eigenvalue weighted by Crippen LogP contribution is 2.26. The lowest BCUT2D eigenvalue weighted by Gasteiger charge is -2.10. The van der Waals surface area contributed by atoms with Crippen LogP contribution in [0.4, 0.5) is 17.3 Å². The fourth-order valence-electron chi connectivity index (χ4n) is 2.24. The zero-order valence-electron chi connectivity index (χ0n) is 14.2. The molecule has 0 aliphatic rings. The summed E-state index contributed by atoms with van der Waals surface area (Å²) < 4.78 is 0. The first-order valence-electron chi connectivity index (χ1n) is 7.95. The van der Waals surface area contributed by atoms with Gasteiger partial charge in [0.2, 0.25) is 0 Å². The molecule has 0 aliphatic heterocycles. The molecule has 138 valence electrons. The number of hydrogen-bond acceptors (Lipinski definition) is 6. The minimum absolute atomic E-state index is 0.109. The van der Waals surface area contributed by atoms with Crippen molar-refractivity contribution >= 4 is 63.4 Å². The van der Waals surface area contributed by atoms with Crippen molar-refractivity contribution in [3.63, 3.8) is 0 Å². The number of nitrogens with zero attached hydrogens (tertiary/aromatic N) is 3. The van der Waals surface area contributed by atoms with Crippen molar-refractivity contribution in [2.75, 3.05) is 17.2 Å². The Bertz CT molecular complexity index is 1030. The molecule has 4 N–H and O–H groups in total. The van der Waals surface area contributed by atoms with E-state index in [0.717, 1.165) is 0 Å². The van der Waals surface area contributed by atoms with E-state index in [9.17, 15) is 4.79 Å². The van der Waals surface area contributed by atoms with Gasteiger partial charge in [0, 0.05) is 6.54 Å². The third-order valence-corrected chi connectivity index (χ3v) is 4.04. The monoisotopic (exact) mass is 402 g/mol. The molecule has 2 heterocycles. The average molecular weight is 403 g/mol. The summed E-state index contributed by atoms with van der Waals surface area (Å²) in [5.74, 6) is -0.134. The van der Waals surface area contributed by atoms with E-state index in [-0.39, 0.29) is 5.56 Å². The minimum atomic E-state index is -1.05. The number of benzene rings is 1. The van der Waals surface area contributed by atoms with Crippen LogP contribution < -0.4 is 16.0 Å². The second kappa shape index (κ2) is 8.11. The van der Waals surface area contributed by atoms with E-state index in [1.807, 2.05) is 6.92 Å². The standard InChI is InChI=1S/C17H15ClN6O2S/c1-2-19-17(27)24-13-6-5-11-15(22-13)23-14(8-20-11)21-12-7-9(16(25)26)3-4-10(12)18/h3-8H,2H2,1H3,(H,25,26)(H3,19,21,22,23,24,27). The number of fused-ring (bicyclic) bond motifs is 1. The number of pyridine rings is 1. The summed E-state index contributed by atoms with van der Waals surface area (Å²) in [6, 6.07) is 7.88. The number of carboxylic acids is 1. The lowest BCUT2D eigenvalue weighted by atomic mass is 10.2. The van der Waals surface area contributed by atoms with Crippen LogP contribution in [0.1, 0.15) is 17.3 Å². The Balaban J connectivity index is 1.88. The molecule has 0 atom stereocenters. The quantitative estimate of drug-likeness (QED) is 0.477. The van der Waals surface area contributed by atoms with Gasteiger partial charge in [-0.1, -0.05) is 11.6 Å². The van der Waals surface area contributed by atoms with Gasteiger partial charge in [0.1, 0.15) is 11.3 Å². The summed E-state index contributed by atoms with van der Waals surface area (Å²) in [6.07, 6.45) is 1.52. The molecule has 0 fully saturated rings. The van der Waals surface area contributed by atoms with E-state index in [4.69, 9.17) is 28.9 Å². The molecule has 1 aromatic carbocycles. The predicted molar refractivity (Wildman–Crippen MR) is 109 cm³/mol. The van der Waals surface area contributed by atoms with Crippen molar-refractivity contribution in [3.05, 3.63) is 47.1 Å². The average Bonchev–Trinajstić information content (AvgIpc) is 2.63. The largest absolute Gasteiger partial charge is 0.478 e. The minimum Gasteiger partial charge on any atom is -0.478 e. The SMILES string of the molecule is CCNC(=S)Nc1ccc2ncc(Nc3cc(C(=O)O)ccc3Cl)nc2n1. The Labute approximate surface area is 165 Å². The maximum atomic E-state index is 11.1. The van der Waals surface area contributed by atoms with Crippen LogP contribution in [-0.2, 0) is 0 Å². The van der Waals surface area contributed by atoms with Crippen LogP contribution >= 0.6 is 23.8 Å². The number of rotatable bonds is 5. The van der Waals surface area contributed by atoms with Crippen molar-refractivity contribution in [2.24, 2.45) is 0 Å². The molecule has 27 heavy (non-hydrogen) atoms. The van der Waals surface area contributed by atoms with Gasteiger partial charge in [0.15, 0.2) is 16.6 Å². The number of carbonyl (C=O) groups is 1. The van der Waals surface area contributed by atoms with Gasteiger partial charge >= 0.3 is 5.97 Å². The third-order valence-electron chi connectivity index (χ3n) is 3.46. The van der Waals surface area contributed by atoms with Crippen molar-refractivity contribution in [1.82, 2.24) is 20.3 Å². The highest BCUT2D eigenvalue weighted by molar-refractivity contribution is 7.80. The molecule has 2 aromatic heterocycles. The molecule has 0 radical (unpaired) electrons. The summed E-state index contributed by atoms with van der Waals surface area (Å²) in [5.41, 5.74) is 1.52. The predicted octanol–water partition coefficient (Wildman–Crippen LogP) is 3.43. The molecule has 0 spiro atoms. The summed E-state index contributed by atoms with van der Waals surface area (Å²) in [7, 11) is 0. The number of nitrogens with one attached hydrogen (secondary N) is 3. The molecule has 0 amide bonds. The van der Waals surface area contributed by atoms with E-state index < -0.39 is 5.97 Å². The molecule has 0 saturated carbocycles. The Morgan fingerprint density at radius 2 is 2.00 bits per heavy atom. The molecule has 3 rings (SSSR count). The van der Waals surface area contributed by atoms with E-state index >= 15 is 0 Å². The summed E-state index contributed by atoms with van der Waals surface area (Å²) in [6.45, 7) is 2.64. The molecule has 0 aliphatic carbocycles. The van der Waals surface area contributed by atoms with Gasteiger partial charge in [-0.05, 0) is 49.5 Å². The molecule has 0 bridgehead atoms. The summed E-state index contributed by atoms with van der Waals surface area (Å²) >= 11 is 11.3. The fourth-order valence-corrected chi connectivity index (χ4v) is 2.65. The maximum absolute atomic E-state index is 11.1. The first kappa shape index (κ1) is 18.7. The Hall–Kier alpha value is -3.04. The molecule has 10 heteroatoms. The topological polar surface area (TPSA) is 112 Å². The zero-order chi connectivity index (χ0) is 19.4. The highest BCUT2D eigenvalue weighted by atomic mass is 35.5. The van der Waals surface area contributed by atoms with E-state index in [2.05, 4.69) is 30.9 Å². The normalized spacial score (nSPS) is 10.4. The van der Waals surface area contributed by atoms with E-state index in [0.29, 0.717) is 45.2 Å². The van der Waals surface area contributed by atoms with Gasteiger partial charge in [0.25, 0.3) is 0 Å². The second-order valence-electron chi connectivity index (χ2n) is 5.40. The number of carboxylic acid groups (broad SMARTS) is 1. The van der Waals surface area contributed by atoms with E-state index in [1.165, 1.54) is 24.4 Å². The Kier molecular flexibility index (Phi) is 5.63. The van der Waals surface area contributed by atoms with Gasteiger partial charge in [-0.2, -0.15) is 0 Å². The van der Waals surface area contributed by atoms with Gasteiger partial charge in [-0.25, -0.2) is 19.7 Å². The Morgan fingerprint density at radius 3 is 2.74 bits per heavy atom. The smallest absolute Gasteiger partial charge is 0.335 e. The number of anilines is 3. The molecule has 0 saturated heterocycles. The zero-order valence-corrected chi connectivity index (χ0v) is 15.7. The van der Waals surface area contributed by atoms with Crippen LogP contribution in [0, 0.1) is 0 Å². The molecule has 3 aromatic rings. The van der Waals surface area contributed by atoms with Crippen molar-refractivity contribution in [3.8, 4) is 0 Å². The van der Waals surface area contributed by atoms with Gasteiger partial charge in [-0.3, -0.25) is 0 Å². The summed E-state index contributed by atoms with van der Waals surface area (Å²) in [5, 5.41) is 18.9. The number of aromatic carboxylic acids is 1. The third kappa shape index (κ3) is 4.57. The van der Waals surface area contributed by atoms with Crippen LogP contribution in [0.25, 0.3) is 11.2 Å². The van der Waals surface area contributed by atoms with Crippen LogP contribution in [0.15, 0.2) is 36.5 Å². The molecular formula is C17H15ClN6O2S. The molecular weight excluding hydrogens is 388 g/mol. The number of aromatic nitrogens is 3. The second-order valence-corrected chi connectivity index (χ2v) is 6.22. The molecule has 8 nitrogen and oxygen atoms in total. The first-order chi connectivity index (χ1) is 13.0. The highest BCUT2D eigenvalue weighted by Gasteiger charge is 2.09.